The molecular formula is C15H29NO2. The fourth-order valence-corrected chi connectivity index (χ4v) is 2.98. The molecule has 1 unspecified atom stereocenters. The second kappa shape index (κ2) is 8.52. The summed E-state index contributed by atoms with van der Waals surface area (Å²) in [4.78, 5) is 13.1. The van der Waals surface area contributed by atoms with Crippen LogP contribution >= 0.6 is 0 Å². The number of aliphatic carboxylic acids is 1. The molecule has 106 valence electrons. The number of likely N-dealkylation sites (tertiary alicyclic amines) is 1. The Balaban J connectivity index is 2.12. The molecule has 0 aromatic heterocycles. The van der Waals surface area contributed by atoms with Gasteiger partial charge in [0.2, 0.25) is 0 Å². The summed E-state index contributed by atoms with van der Waals surface area (Å²) in [5, 5.41) is 8.75. The van der Waals surface area contributed by atoms with Gasteiger partial charge in [-0.3, -0.25) is 4.79 Å². The van der Waals surface area contributed by atoms with Gasteiger partial charge in [-0.15, -0.1) is 0 Å². The third-order valence-electron chi connectivity index (χ3n) is 4.05. The average Bonchev–Trinajstić information content (AvgIpc) is 2.28. The molecule has 1 saturated heterocycles. The van der Waals surface area contributed by atoms with E-state index in [0.717, 1.165) is 12.3 Å². The van der Waals surface area contributed by atoms with Crippen LogP contribution in [0, 0.1) is 11.8 Å². The summed E-state index contributed by atoms with van der Waals surface area (Å²) in [6.45, 7) is 8.16. The minimum atomic E-state index is -0.650. The smallest absolute Gasteiger partial charge is 0.303 e. The van der Waals surface area contributed by atoms with Gasteiger partial charge in [-0.1, -0.05) is 33.1 Å². The van der Waals surface area contributed by atoms with E-state index in [9.17, 15) is 4.79 Å². The van der Waals surface area contributed by atoms with Gasteiger partial charge in [0, 0.05) is 19.5 Å². The lowest BCUT2D eigenvalue weighted by Gasteiger charge is -2.40. The van der Waals surface area contributed by atoms with Gasteiger partial charge in [0.05, 0.1) is 0 Å². The van der Waals surface area contributed by atoms with Gasteiger partial charge >= 0.3 is 5.97 Å². The first-order chi connectivity index (χ1) is 8.65. The van der Waals surface area contributed by atoms with Crippen LogP contribution in [0.15, 0.2) is 0 Å². The number of rotatable bonds is 10. The molecule has 3 heteroatoms. The summed E-state index contributed by atoms with van der Waals surface area (Å²) < 4.78 is 0. The molecule has 1 aliphatic rings. The number of nitrogens with zero attached hydrogens (tertiary/aromatic N) is 1. The Hall–Kier alpha value is -0.570. The number of hydrogen-bond acceptors (Lipinski definition) is 2. The molecule has 0 amide bonds. The van der Waals surface area contributed by atoms with Crippen LogP contribution in [0.25, 0.3) is 0 Å². The van der Waals surface area contributed by atoms with E-state index in [1.165, 1.54) is 51.7 Å². The molecule has 0 radical (unpaired) electrons. The van der Waals surface area contributed by atoms with Gasteiger partial charge in [-0.2, -0.15) is 0 Å². The number of carboxylic acid groups (broad SMARTS) is 1. The fourth-order valence-electron chi connectivity index (χ4n) is 2.98. The summed E-state index contributed by atoms with van der Waals surface area (Å²) in [6, 6.07) is 0. The highest BCUT2D eigenvalue weighted by molar-refractivity contribution is 5.66. The van der Waals surface area contributed by atoms with Gasteiger partial charge in [-0.25, -0.2) is 0 Å². The minimum Gasteiger partial charge on any atom is -0.481 e. The van der Waals surface area contributed by atoms with Gasteiger partial charge in [0.15, 0.2) is 0 Å². The van der Waals surface area contributed by atoms with Crippen molar-refractivity contribution in [3.8, 4) is 0 Å². The van der Waals surface area contributed by atoms with Gasteiger partial charge < -0.3 is 10.0 Å². The maximum Gasteiger partial charge on any atom is 0.303 e. The second-order valence-electron chi connectivity index (χ2n) is 5.79. The maximum atomic E-state index is 10.6. The Morgan fingerprint density at radius 1 is 1.22 bits per heavy atom. The summed E-state index contributed by atoms with van der Waals surface area (Å²) in [7, 11) is 0. The molecule has 0 aromatic rings. The molecule has 1 fully saturated rings. The molecule has 1 atom stereocenters. The van der Waals surface area contributed by atoms with Crippen molar-refractivity contribution in [2.75, 3.05) is 19.6 Å². The van der Waals surface area contributed by atoms with E-state index in [1.807, 2.05) is 0 Å². The molecule has 0 bridgehead atoms. The Labute approximate surface area is 112 Å². The Kier molecular flexibility index (Phi) is 7.33. The first-order valence-corrected chi connectivity index (χ1v) is 7.59. The highest BCUT2D eigenvalue weighted by Gasteiger charge is 2.25. The Bertz CT molecular complexity index is 237. The quantitative estimate of drug-likeness (QED) is 0.650. The van der Waals surface area contributed by atoms with Crippen molar-refractivity contribution in [2.45, 2.75) is 58.8 Å². The lowest BCUT2D eigenvalue weighted by Crippen LogP contribution is -2.47. The molecule has 0 aliphatic carbocycles. The standard InChI is InChI=1S/C15H29NO2/c1-3-5-13(7-8-15(17)18)9-10-16-11-14(12-16)6-4-2/h13-14H,3-12H2,1-2H3,(H,17,18). The lowest BCUT2D eigenvalue weighted by atomic mass is 9.91. The third-order valence-corrected chi connectivity index (χ3v) is 4.05. The van der Waals surface area contributed by atoms with Crippen molar-refractivity contribution in [3.63, 3.8) is 0 Å². The van der Waals surface area contributed by atoms with Crippen molar-refractivity contribution in [3.05, 3.63) is 0 Å². The van der Waals surface area contributed by atoms with E-state index in [2.05, 4.69) is 18.7 Å². The molecule has 3 nitrogen and oxygen atoms in total. The van der Waals surface area contributed by atoms with E-state index in [0.29, 0.717) is 12.3 Å². The zero-order valence-electron chi connectivity index (χ0n) is 12.0. The topological polar surface area (TPSA) is 40.5 Å². The fraction of sp³-hybridized carbons (Fsp3) is 0.933. The van der Waals surface area contributed by atoms with Gasteiger partial charge in [-0.05, 0) is 37.6 Å². The summed E-state index contributed by atoms with van der Waals surface area (Å²) >= 11 is 0. The first kappa shape index (κ1) is 15.5. The maximum absolute atomic E-state index is 10.6. The van der Waals surface area contributed by atoms with Crippen LogP contribution in [0.5, 0.6) is 0 Å². The molecule has 18 heavy (non-hydrogen) atoms. The number of hydrogen-bond donors (Lipinski definition) is 1. The first-order valence-electron chi connectivity index (χ1n) is 7.59. The average molecular weight is 255 g/mol. The van der Waals surface area contributed by atoms with Crippen molar-refractivity contribution in [1.29, 1.82) is 0 Å². The second-order valence-corrected chi connectivity index (χ2v) is 5.79. The molecule has 0 spiro atoms. The van der Waals surface area contributed by atoms with E-state index in [-0.39, 0.29) is 0 Å². The van der Waals surface area contributed by atoms with Gasteiger partial charge in [0.1, 0.15) is 0 Å². The largest absolute Gasteiger partial charge is 0.481 e. The van der Waals surface area contributed by atoms with Gasteiger partial charge in [0.25, 0.3) is 0 Å². The normalized spacial score (nSPS) is 18.6. The third kappa shape index (κ3) is 5.85. The summed E-state index contributed by atoms with van der Waals surface area (Å²) in [5.74, 6) is 0.887. The van der Waals surface area contributed by atoms with Crippen LogP contribution in [0.2, 0.25) is 0 Å². The summed E-state index contributed by atoms with van der Waals surface area (Å²) in [5.41, 5.74) is 0. The van der Waals surface area contributed by atoms with E-state index >= 15 is 0 Å². The Morgan fingerprint density at radius 2 is 1.94 bits per heavy atom. The van der Waals surface area contributed by atoms with Crippen LogP contribution in [-0.2, 0) is 4.79 Å². The molecule has 0 aromatic carbocycles. The SMILES string of the molecule is CCCC(CCC(=O)O)CCN1CC(CCC)C1. The lowest BCUT2D eigenvalue weighted by molar-refractivity contribution is -0.137. The predicted molar refractivity (Wildman–Crippen MR) is 74.7 cm³/mol. The zero-order valence-corrected chi connectivity index (χ0v) is 12.0. The van der Waals surface area contributed by atoms with E-state index < -0.39 is 5.97 Å². The van der Waals surface area contributed by atoms with Crippen LogP contribution in [0.1, 0.15) is 58.8 Å². The van der Waals surface area contributed by atoms with E-state index in [1.54, 1.807) is 0 Å². The number of carbonyl (C=O) groups is 1. The Morgan fingerprint density at radius 3 is 2.50 bits per heavy atom. The van der Waals surface area contributed by atoms with Crippen LogP contribution in [0.4, 0.5) is 0 Å². The number of carboxylic acids is 1. The molecule has 0 saturated carbocycles. The molecule has 1 N–H and O–H groups in total. The highest BCUT2D eigenvalue weighted by atomic mass is 16.4. The molecule has 1 heterocycles. The van der Waals surface area contributed by atoms with Crippen molar-refractivity contribution < 1.29 is 9.90 Å². The predicted octanol–water partition coefficient (Wildman–Crippen LogP) is 3.39. The van der Waals surface area contributed by atoms with Crippen LogP contribution in [-0.4, -0.2) is 35.6 Å². The van der Waals surface area contributed by atoms with Crippen LogP contribution < -0.4 is 0 Å². The van der Waals surface area contributed by atoms with Crippen molar-refractivity contribution >= 4 is 5.97 Å². The monoisotopic (exact) mass is 255 g/mol. The summed E-state index contributed by atoms with van der Waals surface area (Å²) in [6.07, 6.45) is 7.39. The molecular weight excluding hydrogens is 226 g/mol. The van der Waals surface area contributed by atoms with Crippen molar-refractivity contribution in [1.82, 2.24) is 4.90 Å². The van der Waals surface area contributed by atoms with E-state index in [4.69, 9.17) is 5.11 Å². The molecule has 1 rings (SSSR count). The van der Waals surface area contributed by atoms with Crippen molar-refractivity contribution in [2.24, 2.45) is 11.8 Å². The minimum absolute atomic E-state index is 0.336. The zero-order chi connectivity index (χ0) is 13.4. The highest BCUT2D eigenvalue weighted by Crippen LogP contribution is 2.23. The van der Waals surface area contributed by atoms with Crippen LogP contribution in [0.3, 0.4) is 0 Å². The molecule has 1 aliphatic heterocycles.